The zero-order valence-corrected chi connectivity index (χ0v) is 8.00. The van der Waals surface area contributed by atoms with E-state index in [2.05, 4.69) is 0 Å². The highest BCUT2D eigenvalue weighted by Crippen LogP contribution is 2.14. The number of aryl methyl sites for hydroxylation is 1. The smallest absolute Gasteiger partial charge is 0.123 e. The summed E-state index contributed by atoms with van der Waals surface area (Å²) < 4.78 is 12.9. The first-order valence-electron chi connectivity index (χ1n) is 4.43. The minimum atomic E-state index is -0.449. The standard InChI is InChI=1S/C11H12FNO/c1-8-2-3-11(12)5-10(8)4-9(6-13)7-14/h2-3,5,9,14H,4,7H2,1H3. The van der Waals surface area contributed by atoms with Gasteiger partial charge in [-0.15, -0.1) is 0 Å². The molecule has 1 N–H and O–H groups in total. The molecule has 0 fully saturated rings. The van der Waals surface area contributed by atoms with E-state index in [0.29, 0.717) is 6.42 Å². The third kappa shape index (κ3) is 2.54. The van der Waals surface area contributed by atoms with Crippen molar-refractivity contribution in [2.24, 2.45) is 5.92 Å². The van der Waals surface area contributed by atoms with Crippen LogP contribution in [0.15, 0.2) is 18.2 Å². The number of benzene rings is 1. The fourth-order valence-corrected chi connectivity index (χ4v) is 1.28. The van der Waals surface area contributed by atoms with Crippen LogP contribution < -0.4 is 0 Å². The van der Waals surface area contributed by atoms with Gasteiger partial charge in [0.1, 0.15) is 5.82 Å². The lowest BCUT2D eigenvalue weighted by Gasteiger charge is -2.08. The molecule has 0 aromatic heterocycles. The molecule has 1 atom stereocenters. The Kier molecular flexibility index (Phi) is 3.61. The molecular formula is C11H12FNO. The fraction of sp³-hybridized carbons (Fsp3) is 0.364. The highest BCUT2D eigenvalue weighted by Gasteiger charge is 2.09. The van der Waals surface area contributed by atoms with Gasteiger partial charge in [0.15, 0.2) is 0 Å². The molecule has 0 saturated carbocycles. The lowest BCUT2D eigenvalue weighted by atomic mass is 9.98. The Morgan fingerprint density at radius 2 is 2.29 bits per heavy atom. The van der Waals surface area contributed by atoms with E-state index in [-0.39, 0.29) is 12.4 Å². The van der Waals surface area contributed by atoms with Gasteiger partial charge in [0, 0.05) is 0 Å². The predicted octanol–water partition coefficient (Wildman–Crippen LogP) is 1.81. The molecule has 0 heterocycles. The maximum Gasteiger partial charge on any atom is 0.123 e. The molecular weight excluding hydrogens is 181 g/mol. The average Bonchev–Trinajstić information content (AvgIpc) is 2.19. The van der Waals surface area contributed by atoms with Gasteiger partial charge in [0.2, 0.25) is 0 Å². The van der Waals surface area contributed by atoms with Crippen molar-refractivity contribution in [3.63, 3.8) is 0 Å². The van der Waals surface area contributed by atoms with Crippen molar-refractivity contribution in [3.8, 4) is 6.07 Å². The molecule has 0 saturated heterocycles. The van der Waals surface area contributed by atoms with Crippen LogP contribution in [-0.4, -0.2) is 11.7 Å². The van der Waals surface area contributed by atoms with Gasteiger partial charge >= 0.3 is 0 Å². The maximum absolute atomic E-state index is 12.9. The van der Waals surface area contributed by atoms with Gasteiger partial charge in [-0.2, -0.15) is 5.26 Å². The number of hydrogen-bond acceptors (Lipinski definition) is 2. The third-order valence-electron chi connectivity index (χ3n) is 2.18. The normalized spacial score (nSPS) is 12.1. The Bertz CT molecular complexity index is 357. The topological polar surface area (TPSA) is 44.0 Å². The lowest BCUT2D eigenvalue weighted by molar-refractivity contribution is 0.255. The Morgan fingerprint density at radius 1 is 1.57 bits per heavy atom. The molecule has 2 nitrogen and oxygen atoms in total. The van der Waals surface area contributed by atoms with Crippen molar-refractivity contribution < 1.29 is 9.50 Å². The second-order valence-electron chi connectivity index (χ2n) is 3.28. The van der Waals surface area contributed by atoms with Gasteiger partial charge in [-0.3, -0.25) is 0 Å². The van der Waals surface area contributed by atoms with Crippen LogP contribution in [0.1, 0.15) is 11.1 Å². The first-order chi connectivity index (χ1) is 6.67. The van der Waals surface area contributed by atoms with Crippen LogP contribution in [0.4, 0.5) is 4.39 Å². The Morgan fingerprint density at radius 3 is 2.86 bits per heavy atom. The second-order valence-corrected chi connectivity index (χ2v) is 3.28. The van der Waals surface area contributed by atoms with E-state index in [4.69, 9.17) is 10.4 Å². The quantitative estimate of drug-likeness (QED) is 0.795. The summed E-state index contributed by atoms with van der Waals surface area (Å²) in [6, 6.07) is 6.45. The molecule has 0 radical (unpaired) electrons. The number of nitrogens with zero attached hydrogens (tertiary/aromatic N) is 1. The maximum atomic E-state index is 12.9. The molecule has 0 aliphatic heterocycles. The van der Waals surface area contributed by atoms with E-state index < -0.39 is 5.92 Å². The summed E-state index contributed by atoms with van der Waals surface area (Å²) in [5.41, 5.74) is 1.73. The summed E-state index contributed by atoms with van der Waals surface area (Å²) in [6.45, 7) is 1.67. The number of nitriles is 1. The van der Waals surface area contributed by atoms with Crippen molar-refractivity contribution in [1.29, 1.82) is 5.26 Å². The molecule has 1 aromatic rings. The van der Waals surface area contributed by atoms with Crippen molar-refractivity contribution in [2.75, 3.05) is 6.61 Å². The molecule has 0 spiro atoms. The van der Waals surface area contributed by atoms with E-state index in [1.165, 1.54) is 12.1 Å². The van der Waals surface area contributed by atoms with Gasteiger partial charge in [0.05, 0.1) is 18.6 Å². The fourth-order valence-electron chi connectivity index (χ4n) is 1.28. The first kappa shape index (κ1) is 10.7. The molecule has 1 unspecified atom stereocenters. The van der Waals surface area contributed by atoms with Crippen LogP contribution in [0.5, 0.6) is 0 Å². The molecule has 0 bridgehead atoms. The van der Waals surface area contributed by atoms with Crippen molar-refractivity contribution >= 4 is 0 Å². The highest BCUT2D eigenvalue weighted by atomic mass is 19.1. The van der Waals surface area contributed by atoms with Crippen LogP contribution in [0.2, 0.25) is 0 Å². The summed E-state index contributed by atoms with van der Waals surface area (Å²) in [4.78, 5) is 0. The average molecular weight is 193 g/mol. The van der Waals surface area contributed by atoms with Crippen LogP contribution >= 0.6 is 0 Å². The number of hydrogen-bond donors (Lipinski definition) is 1. The number of aliphatic hydroxyl groups is 1. The van der Waals surface area contributed by atoms with E-state index >= 15 is 0 Å². The van der Waals surface area contributed by atoms with Gasteiger partial charge in [-0.1, -0.05) is 6.07 Å². The van der Waals surface area contributed by atoms with E-state index in [1.807, 2.05) is 13.0 Å². The Hall–Kier alpha value is -1.40. The zero-order chi connectivity index (χ0) is 10.6. The predicted molar refractivity (Wildman–Crippen MR) is 51.0 cm³/mol. The number of rotatable bonds is 3. The summed E-state index contributed by atoms with van der Waals surface area (Å²) in [6.07, 6.45) is 0.399. The molecule has 0 amide bonds. The first-order valence-corrected chi connectivity index (χ1v) is 4.43. The van der Waals surface area contributed by atoms with Gasteiger partial charge in [-0.25, -0.2) is 4.39 Å². The largest absolute Gasteiger partial charge is 0.395 e. The van der Waals surface area contributed by atoms with Crippen molar-refractivity contribution in [1.82, 2.24) is 0 Å². The molecule has 0 aliphatic rings. The SMILES string of the molecule is Cc1ccc(F)cc1CC(C#N)CO. The summed E-state index contributed by atoms with van der Waals surface area (Å²) >= 11 is 0. The molecule has 0 aliphatic carbocycles. The van der Waals surface area contributed by atoms with Crippen LogP contribution in [0.25, 0.3) is 0 Å². The van der Waals surface area contributed by atoms with Crippen LogP contribution in [0, 0.1) is 30.0 Å². The van der Waals surface area contributed by atoms with Crippen LogP contribution in [-0.2, 0) is 6.42 Å². The van der Waals surface area contributed by atoms with E-state index in [1.54, 1.807) is 6.07 Å². The molecule has 1 aromatic carbocycles. The monoisotopic (exact) mass is 193 g/mol. The van der Waals surface area contributed by atoms with E-state index in [9.17, 15) is 4.39 Å². The summed E-state index contributed by atoms with van der Waals surface area (Å²) in [7, 11) is 0. The summed E-state index contributed by atoms with van der Waals surface area (Å²) in [5, 5.41) is 17.5. The van der Waals surface area contributed by atoms with Gasteiger partial charge in [-0.05, 0) is 36.6 Å². The minimum Gasteiger partial charge on any atom is -0.395 e. The molecule has 3 heteroatoms. The van der Waals surface area contributed by atoms with E-state index in [0.717, 1.165) is 11.1 Å². The molecule has 1 rings (SSSR count). The number of aliphatic hydroxyl groups excluding tert-OH is 1. The lowest BCUT2D eigenvalue weighted by Crippen LogP contribution is -2.08. The number of halogens is 1. The second kappa shape index (κ2) is 4.73. The van der Waals surface area contributed by atoms with Crippen molar-refractivity contribution in [2.45, 2.75) is 13.3 Å². The Labute approximate surface area is 82.6 Å². The molecule has 14 heavy (non-hydrogen) atoms. The van der Waals surface area contributed by atoms with Crippen molar-refractivity contribution in [3.05, 3.63) is 35.1 Å². The summed E-state index contributed by atoms with van der Waals surface area (Å²) in [5.74, 6) is -0.754. The minimum absolute atomic E-state index is 0.188. The van der Waals surface area contributed by atoms with Gasteiger partial charge in [0.25, 0.3) is 0 Å². The third-order valence-corrected chi connectivity index (χ3v) is 2.18. The Balaban J connectivity index is 2.86. The molecule has 74 valence electrons. The van der Waals surface area contributed by atoms with Gasteiger partial charge < -0.3 is 5.11 Å². The van der Waals surface area contributed by atoms with Crippen LogP contribution in [0.3, 0.4) is 0 Å². The zero-order valence-electron chi connectivity index (χ0n) is 8.00. The highest BCUT2D eigenvalue weighted by molar-refractivity contribution is 5.27.